The van der Waals surface area contributed by atoms with Gasteiger partial charge in [-0.25, -0.2) is 14.6 Å². The van der Waals surface area contributed by atoms with E-state index in [1.165, 1.54) is 19.2 Å². The van der Waals surface area contributed by atoms with Crippen LogP contribution in [0.25, 0.3) is 11.6 Å². The summed E-state index contributed by atoms with van der Waals surface area (Å²) in [6.45, 7) is 14.4. The van der Waals surface area contributed by atoms with E-state index in [0.717, 1.165) is 43.7 Å². The van der Waals surface area contributed by atoms with Crippen LogP contribution in [0.15, 0.2) is 42.5 Å². The number of carbonyl (C=O) groups is 4. The molecule has 3 aliphatic heterocycles. The summed E-state index contributed by atoms with van der Waals surface area (Å²) in [7, 11) is 1.26. The highest BCUT2D eigenvalue weighted by Crippen LogP contribution is 2.52. The van der Waals surface area contributed by atoms with Gasteiger partial charge in [-0.1, -0.05) is 58.9 Å². The number of hydrogen-bond donors (Lipinski definition) is 3. The smallest absolute Gasteiger partial charge is 0.453 e. The Kier molecular flexibility index (Phi) is 12.2. The summed E-state index contributed by atoms with van der Waals surface area (Å²) in [6, 6.07) is 3.15. The van der Waals surface area contributed by atoms with Crippen molar-refractivity contribution < 1.29 is 41.8 Å². The van der Waals surface area contributed by atoms with Gasteiger partial charge in [0.15, 0.2) is 0 Å². The zero-order valence-corrected chi connectivity index (χ0v) is 36.8. The fraction of sp³-hybridized carbons (Fsp3) is 0.587. The van der Waals surface area contributed by atoms with E-state index in [1.807, 2.05) is 43.1 Å². The molecule has 5 amide bonds. The molecule has 3 N–H and O–H groups in total. The number of piperazine rings is 1. The van der Waals surface area contributed by atoms with Gasteiger partial charge < -0.3 is 39.8 Å². The third-order valence-electron chi connectivity index (χ3n) is 13.8. The maximum atomic E-state index is 13.9. The minimum atomic E-state index is -4.98. The Balaban J connectivity index is 0.908. The second kappa shape index (κ2) is 17.3. The number of likely N-dealkylation sites (tertiary alicyclic amines) is 2. The number of hydrogen-bond acceptors (Lipinski definition) is 8. The summed E-state index contributed by atoms with van der Waals surface area (Å²) < 4.78 is 50.9. The summed E-state index contributed by atoms with van der Waals surface area (Å²) >= 11 is 0. The molecule has 63 heavy (non-hydrogen) atoms. The predicted molar refractivity (Wildman–Crippen MR) is 230 cm³/mol. The normalized spacial score (nSPS) is 26.2. The van der Waals surface area contributed by atoms with E-state index in [1.54, 1.807) is 21.9 Å². The molecule has 340 valence electrons. The van der Waals surface area contributed by atoms with Crippen molar-refractivity contribution >= 4 is 41.3 Å². The minimum Gasteiger partial charge on any atom is -0.453 e. The summed E-state index contributed by atoms with van der Waals surface area (Å²) in [5, 5.41) is 5.47. The number of anilines is 1. The Hall–Kier alpha value is -5.32. The largest absolute Gasteiger partial charge is 0.573 e. The van der Waals surface area contributed by atoms with E-state index in [2.05, 4.69) is 46.0 Å². The van der Waals surface area contributed by atoms with Crippen molar-refractivity contribution in [3.8, 4) is 5.75 Å². The molecule has 17 heteroatoms. The van der Waals surface area contributed by atoms with Crippen molar-refractivity contribution in [2.75, 3.05) is 58.2 Å². The number of allylic oxidation sites excluding steroid dienone is 5. The number of urea groups is 1. The summed E-state index contributed by atoms with van der Waals surface area (Å²) in [5.41, 5.74) is 2.60. The standard InChI is InChI=1S/C46H59F3N8O6/c1-26(2)38(53-44(61)62-6)42(59)57-25-27(3)21-36(57)40-51-35-12-8-29-22-28(7-10-33(29)39(35)52-40)32-11-9-30(23-37(32)63-46(47,48)49)50-43(60)56-19-17-54(18-20-56)31-13-15-55(16-14-31)41(58)34-24-45(34,4)5/h7-12,22-23,26-27,29,31,33-34,36,38H,13-21,24-25H2,1-6H3,(H,50,60)(H,51,52)(H,53,61)/t27-,29?,33?,34+,36-,38-/m0/s1. The highest BCUT2D eigenvalue weighted by molar-refractivity contribution is 5.91. The molecule has 14 nitrogen and oxygen atoms in total. The minimum absolute atomic E-state index is 0.109. The fourth-order valence-electron chi connectivity index (χ4n) is 10.0. The van der Waals surface area contributed by atoms with E-state index in [9.17, 15) is 32.3 Å². The summed E-state index contributed by atoms with van der Waals surface area (Å²) in [6.07, 6.45) is 7.24. The molecule has 0 radical (unpaired) electrons. The summed E-state index contributed by atoms with van der Waals surface area (Å²) in [5.74, 6) is -0.0372. The fourth-order valence-corrected chi connectivity index (χ4v) is 10.0. The Bertz CT molecular complexity index is 2180. The second-order valence-corrected chi connectivity index (χ2v) is 19.1. The maximum Gasteiger partial charge on any atom is 0.573 e. The van der Waals surface area contributed by atoms with Gasteiger partial charge in [0.05, 0.1) is 24.5 Å². The molecule has 0 bridgehead atoms. The number of benzene rings is 1. The van der Waals surface area contributed by atoms with Crippen molar-refractivity contribution in [1.29, 1.82) is 0 Å². The monoisotopic (exact) mass is 876 g/mol. The third kappa shape index (κ3) is 9.48. The Morgan fingerprint density at radius 3 is 2.35 bits per heavy atom. The quantitative estimate of drug-likeness (QED) is 0.240. The van der Waals surface area contributed by atoms with Crippen LogP contribution < -0.4 is 15.4 Å². The zero-order chi connectivity index (χ0) is 45.0. The molecule has 8 rings (SSSR count). The van der Waals surface area contributed by atoms with Crippen LogP contribution in [0.4, 0.5) is 28.4 Å². The Labute approximate surface area is 366 Å². The molecule has 6 aliphatic rings. The van der Waals surface area contributed by atoms with E-state index < -0.39 is 30.3 Å². The molecular formula is C46H59F3N8O6. The van der Waals surface area contributed by atoms with Crippen molar-refractivity contribution in [2.24, 2.45) is 29.1 Å². The lowest BCUT2D eigenvalue weighted by Gasteiger charge is -2.42. The molecule has 3 saturated heterocycles. The number of aromatic amines is 1. The lowest BCUT2D eigenvalue weighted by atomic mass is 9.78. The van der Waals surface area contributed by atoms with Crippen LogP contribution in [0.1, 0.15) is 95.0 Å². The number of rotatable bonds is 9. The van der Waals surface area contributed by atoms with Gasteiger partial charge in [0.25, 0.3) is 0 Å². The topological polar surface area (TPSA) is 152 Å². The van der Waals surface area contributed by atoms with Gasteiger partial charge in [0, 0.05) is 86.9 Å². The SMILES string of the molecule is COC(=O)N[C@H](C(=O)N1C[C@@H](C)C[C@H]1c1nc2c([nH]1)C=CC1C=C(c3ccc(NC(=O)N4CCN(C5CCN(C(=O)[C@H]6CC6(C)C)CC5)CC4)cc3OC(F)(F)F)C=CC21)C(C)C. The number of nitrogens with zero attached hydrogens (tertiary/aromatic N) is 5. The molecule has 2 aromatic rings. The number of H-pyrrole nitrogens is 1. The van der Waals surface area contributed by atoms with E-state index in [0.29, 0.717) is 56.6 Å². The molecule has 1 aromatic carbocycles. The van der Waals surface area contributed by atoms with E-state index in [4.69, 9.17) is 9.72 Å². The number of methoxy groups -OCH3 is 1. The van der Waals surface area contributed by atoms with Crippen LogP contribution in [-0.2, 0) is 14.3 Å². The number of aromatic nitrogens is 2. The van der Waals surface area contributed by atoms with Gasteiger partial charge >= 0.3 is 18.5 Å². The van der Waals surface area contributed by atoms with Gasteiger partial charge in [0.2, 0.25) is 11.8 Å². The van der Waals surface area contributed by atoms with Crippen molar-refractivity contribution in [2.45, 2.75) is 90.7 Å². The molecule has 2 unspecified atom stereocenters. The first-order valence-electron chi connectivity index (χ1n) is 22.2. The average Bonchev–Trinajstić information content (AvgIpc) is 3.51. The molecule has 0 spiro atoms. The van der Waals surface area contributed by atoms with Crippen LogP contribution in [-0.4, -0.2) is 125 Å². The van der Waals surface area contributed by atoms with Gasteiger partial charge in [-0.15, -0.1) is 13.2 Å². The number of alkyl carbamates (subject to hydrolysis) is 1. The third-order valence-corrected chi connectivity index (χ3v) is 13.8. The first-order valence-corrected chi connectivity index (χ1v) is 22.2. The van der Waals surface area contributed by atoms with Crippen LogP contribution in [0.2, 0.25) is 0 Å². The van der Waals surface area contributed by atoms with Crippen molar-refractivity contribution in [3.63, 3.8) is 0 Å². The van der Waals surface area contributed by atoms with E-state index >= 15 is 0 Å². The van der Waals surface area contributed by atoms with Gasteiger partial charge in [-0.3, -0.25) is 14.5 Å². The summed E-state index contributed by atoms with van der Waals surface area (Å²) in [4.78, 5) is 68.5. The number of piperidine rings is 1. The number of halogens is 3. The lowest BCUT2D eigenvalue weighted by Crippen LogP contribution is -2.55. The average molecular weight is 877 g/mol. The number of nitrogens with one attached hydrogen (secondary N) is 3. The number of amides is 5. The highest BCUT2D eigenvalue weighted by Gasteiger charge is 2.52. The first kappa shape index (κ1) is 44.3. The number of alkyl halides is 3. The molecule has 6 atom stereocenters. The van der Waals surface area contributed by atoms with E-state index in [-0.39, 0.29) is 64.1 Å². The molecule has 4 fully saturated rings. The number of imidazole rings is 1. The second-order valence-electron chi connectivity index (χ2n) is 19.1. The molecule has 1 saturated carbocycles. The van der Waals surface area contributed by atoms with Gasteiger partial charge in [-0.05, 0) is 66.7 Å². The van der Waals surface area contributed by atoms with Crippen LogP contribution >= 0.6 is 0 Å². The van der Waals surface area contributed by atoms with Crippen LogP contribution in [0.3, 0.4) is 0 Å². The maximum absolute atomic E-state index is 13.9. The zero-order valence-electron chi connectivity index (χ0n) is 36.8. The lowest BCUT2D eigenvalue weighted by molar-refractivity contribution is -0.274. The van der Waals surface area contributed by atoms with Gasteiger partial charge in [0.1, 0.15) is 17.6 Å². The van der Waals surface area contributed by atoms with Crippen molar-refractivity contribution in [1.82, 2.24) is 34.9 Å². The number of ether oxygens (including phenoxy) is 2. The van der Waals surface area contributed by atoms with Crippen LogP contribution in [0, 0.1) is 29.1 Å². The Morgan fingerprint density at radius 2 is 1.70 bits per heavy atom. The molecule has 3 aliphatic carbocycles. The van der Waals surface area contributed by atoms with Crippen molar-refractivity contribution in [3.05, 3.63) is 65.3 Å². The number of fused-ring (bicyclic) bond motifs is 3. The molecule has 1 aromatic heterocycles. The van der Waals surface area contributed by atoms with Crippen LogP contribution in [0.5, 0.6) is 5.75 Å². The predicted octanol–water partition coefficient (Wildman–Crippen LogP) is 7.17. The number of carbonyl (C=O) groups excluding carboxylic acids is 4. The first-order chi connectivity index (χ1) is 29.9. The molecule has 4 heterocycles. The highest BCUT2D eigenvalue weighted by atomic mass is 19.4. The van der Waals surface area contributed by atoms with Gasteiger partial charge in [-0.2, -0.15) is 0 Å². The molecular weight excluding hydrogens is 818 g/mol. The Morgan fingerprint density at radius 1 is 0.984 bits per heavy atom.